The van der Waals surface area contributed by atoms with Crippen molar-refractivity contribution < 1.29 is 39.6 Å². The first-order valence-corrected chi connectivity index (χ1v) is 13.4. The first-order chi connectivity index (χ1) is 18.8. The average molecular weight is 648 g/mol. The van der Waals surface area contributed by atoms with E-state index in [0.29, 0.717) is 5.56 Å². The van der Waals surface area contributed by atoms with Gasteiger partial charge in [0.25, 0.3) is 5.91 Å². The topological polar surface area (TPSA) is 203 Å². The number of phenolic OH excluding ortho intramolecular Hbond substituents is 1. The highest BCUT2D eigenvalue weighted by atomic mass is 35.5. The number of ketones is 2. The summed E-state index contributed by atoms with van der Waals surface area (Å²) in [7, 11) is 3.06. The minimum atomic E-state index is -2.73. The van der Waals surface area contributed by atoms with Gasteiger partial charge in [0.1, 0.15) is 22.8 Å². The van der Waals surface area contributed by atoms with Gasteiger partial charge in [-0.15, -0.1) is 24.8 Å². The lowest BCUT2D eigenvalue weighted by atomic mass is 9.57. The van der Waals surface area contributed by atoms with Gasteiger partial charge in [0.05, 0.1) is 23.2 Å². The van der Waals surface area contributed by atoms with E-state index in [1.165, 1.54) is 25.1 Å². The largest absolute Gasteiger partial charge is 0.508 e. The monoisotopic (exact) mass is 646 g/mol. The number of hydrogen-bond acceptors (Lipinski definition) is 10. The van der Waals surface area contributed by atoms with Crippen molar-refractivity contribution in [1.29, 1.82) is 0 Å². The maximum atomic E-state index is 13.9. The third-order valence-electron chi connectivity index (χ3n) is 8.58. The maximum Gasteiger partial charge on any atom is 0.255 e. The Hall–Kier alpha value is -2.87. The number of likely N-dealkylation sites (N-methyl/N-ethyl adjacent to an activating group) is 1. The Labute approximate surface area is 258 Å². The second-order valence-electron chi connectivity index (χ2n) is 11.1. The molecule has 0 heterocycles. The van der Waals surface area contributed by atoms with E-state index in [9.17, 15) is 39.6 Å². The van der Waals surface area contributed by atoms with Crippen LogP contribution in [0.3, 0.4) is 0 Å². The van der Waals surface area contributed by atoms with Crippen molar-refractivity contribution in [2.24, 2.45) is 17.6 Å². The molecule has 1 aromatic carbocycles. The van der Waals surface area contributed by atoms with Crippen LogP contribution >= 0.6 is 36.4 Å². The molecule has 15 heteroatoms. The van der Waals surface area contributed by atoms with Gasteiger partial charge in [-0.25, -0.2) is 0 Å². The van der Waals surface area contributed by atoms with Crippen molar-refractivity contribution in [3.8, 4) is 5.75 Å². The van der Waals surface area contributed by atoms with Crippen molar-refractivity contribution >= 4 is 71.2 Å². The van der Waals surface area contributed by atoms with Crippen LogP contribution in [0.4, 0.5) is 5.69 Å². The molecular formula is C27H33Cl3N4O8. The van der Waals surface area contributed by atoms with Crippen LogP contribution < -0.4 is 16.4 Å². The van der Waals surface area contributed by atoms with Crippen molar-refractivity contribution in [3.63, 3.8) is 0 Å². The summed E-state index contributed by atoms with van der Waals surface area (Å²) in [5, 5.41) is 50.6. The molecule has 2 fully saturated rings. The van der Waals surface area contributed by atoms with Gasteiger partial charge in [-0.3, -0.25) is 24.1 Å². The number of anilines is 1. The molecule has 4 aliphatic rings. The number of nitrogens with two attached hydrogens (primary N) is 1. The Morgan fingerprint density at radius 3 is 2.36 bits per heavy atom. The smallest absolute Gasteiger partial charge is 0.255 e. The van der Waals surface area contributed by atoms with Gasteiger partial charge in [-0.2, -0.15) is 0 Å². The molecule has 0 aliphatic heterocycles. The fourth-order valence-corrected chi connectivity index (χ4v) is 6.68. The lowest BCUT2D eigenvalue weighted by molar-refractivity contribution is -0.153. The number of Topliss-reactive ketones (excluding diaryl/α,β-unsaturated/α-hetero) is 2. The molecule has 0 radical (unpaired) electrons. The second-order valence-corrected chi connectivity index (χ2v) is 11.5. The zero-order valence-electron chi connectivity index (χ0n) is 22.8. The third kappa shape index (κ3) is 5.03. The van der Waals surface area contributed by atoms with Crippen LogP contribution in [0.1, 0.15) is 36.8 Å². The number of carbonyl (C=O) groups is 4. The fourth-order valence-electron chi connectivity index (χ4n) is 6.42. The Morgan fingerprint density at radius 2 is 1.81 bits per heavy atom. The summed E-state index contributed by atoms with van der Waals surface area (Å²) in [4.78, 5) is 53.0. The zero-order valence-corrected chi connectivity index (χ0v) is 25.2. The quantitative estimate of drug-likeness (QED) is 0.175. The number of amides is 2. The van der Waals surface area contributed by atoms with Gasteiger partial charge < -0.3 is 36.8 Å². The predicted molar refractivity (Wildman–Crippen MR) is 158 cm³/mol. The number of carbonyl (C=O) groups excluding carboxylic acids is 4. The number of benzene rings is 1. The molecule has 4 atom stereocenters. The van der Waals surface area contributed by atoms with E-state index in [0.717, 1.165) is 19.3 Å². The van der Waals surface area contributed by atoms with Gasteiger partial charge in [-0.1, -0.05) is 18.0 Å². The van der Waals surface area contributed by atoms with Gasteiger partial charge in [0.2, 0.25) is 11.7 Å². The summed E-state index contributed by atoms with van der Waals surface area (Å²) in [5.74, 6) is -7.97. The van der Waals surface area contributed by atoms with E-state index in [1.807, 2.05) is 0 Å². The standard InChI is InChI=1S/C27H31ClN4O8.2ClH/c1-32(2)20-13-7-10-6-11-8-14(28)19(31-15(33)9-30-12-4-3-5-12)22(35)16(11)21(34)17(10)24(37)27(13,40)25(38)18(23(20)36)26(29)39;;/h8,10,12-13,20,30,34-35,38,40H,3-7,9H2,1-2H3,(H2,29,39)(H,31,33);2*1H/t10?,13?,20-,27-;;/m0../s1. The molecule has 2 unspecified atom stereocenters. The van der Waals surface area contributed by atoms with Gasteiger partial charge >= 0.3 is 0 Å². The first-order valence-electron chi connectivity index (χ1n) is 13.0. The molecule has 0 aromatic heterocycles. The number of primary amides is 1. The molecule has 12 nitrogen and oxygen atoms in total. The van der Waals surface area contributed by atoms with Crippen LogP contribution in [0.25, 0.3) is 5.76 Å². The number of aliphatic hydroxyl groups excluding tert-OH is 2. The minimum Gasteiger partial charge on any atom is -0.508 e. The Kier molecular flexibility index (Phi) is 9.62. The molecule has 8 N–H and O–H groups in total. The Bertz CT molecular complexity index is 1420. The van der Waals surface area contributed by atoms with Crippen LogP contribution in [0.5, 0.6) is 5.75 Å². The predicted octanol–water partition coefficient (Wildman–Crippen LogP) is 1.54. The first kappa shape index (κ1) is 33.6. The molecule has 0 saturated heterocycles. The number of aromatic hydroxyl groups is 1. The minimum absolute atomic E-state index is 0. The highest BCUT2D eigenvalue weighted by Gasteiger charge is 2.64. The number of hydrogen-bond donors (Lipinski definition) is 7. The number of halogens is 3. The van der Waals surface area contributed by atoms with Crippen LogP contribution in [0.15, 0.2) is 23.0 Å². The van der Waals surface area contributed by atoms with Crippen molar-refractivity contribution in [1.82, 2.24) is 10.2 Å². The molecule has 0 bridgehead atoms. The van der Waals surface area contributed by atoms with Crippen LogP contribution in [0.2, 0.25) is 5.02 Å². The summed E-state index contributed by atoms with van der Waals surface area (Å²) in [6.07, 6.45) is 3.09. The number of phenols is 1. The van der Waals surface area contributed by atoms with E-state index in [2.05, 4.69) is 10.6 Å². The lowest BCUT2D eigenvalue weighted by Crippen LogP contribution is -2.65. The number of aliphatic hydroxyl groups is 3. The van der Waals surface area contributed by atoms with Crippen LogP contribution in [0, 0.1) is 11.8 Å². The molecule has 0 spiro atoms. The Balaban J connectivity index is 0.00000242. The lowest BCUT2D eigenvalue weighted by Gasteiger charge is -2.50. The van der Waals surface area contributed by atoms with Crippen molar-refractivity contribution in [3.05, 3.63) is 39.1 Å². The summed E-state index contributed by atoms with van der Waals surface area (Å²) < 4.78 is 0. The summed E-state index contributed by atoms with van der Waals surface area (Å²) in [5.41, 5.74) is 1.53. The number of rotatable bonds is 6. The van der Waals surface area contributed by atoms with Gasteiger partial charge in [0.15, 0.2) is 17.1 Å². The summed E-state index contributed by atoms with van der Waals surface area (Å²) in [6.45, 7) is -0.0147. The second kappa shape index (κ2) is 12.0. The van der Waals surface area contributed by atoms with E-state index in [4.69, 9.17) is 17.3 Å². The molecule has 42 heavy (non-hydrogen) atoms. The normalized spacial score (nSPS) is 26.8. The van der Waals surface area contributed by atoms with E-state index < -0.39 is 69.7 Å². The van der Waals surface area contributed by atoms with Crippen molar-refractivity contribution in [2.45, 2.75) is 49.8 Å². The van der Waals surface area contributed by atoms with Crippen molar-refractivity contribution in [2.75, 3.05) is 26.0 Å². The summed E-state index contributed by atoms with van der Waals surface area (Å²) in [6, 6.07) is 0.557. The number of nitrogens with one attached hydrogen (secondary N) is 2. The molecule has 230 valence electrons. The van der Waals surface area contributed by atoms with E-state index in [1.54, 1.807) is 0 Å². The molecular weight excluding hydrogens is 615 g/mol. The van der Waals surface area contributed by atoms with Crippen LogP contribution in [-0.2, 0) is 25.6 Å². The molecule has 2 amide bonds. The Morgan fingerprint density at radius 1 is 1.17 bits per heavy atom. The molecule has 2 saturated carbocycles. The SMILES string of the molecule is CN(C)[C@@H]1C(=O)C(C(N)=O)=C(O)[C@@]2(O)C(=O)C3=C(O)c4c(cc(Cl)c(NC(=O)CNC5CCC5)c4O)CC3CC12.Cl.Cl. The third-order valence-corrected chi connectivity index (χ3v) is 8.88. The maximum absolute atomic E-state index is 13.9. The number of nitrogens with zero attached hydrogens (tertiary/aromatic N) is 1. The zero-order chi connectivity index (χ0) is 29.3. The van der Waals surface area contributed by atoms with E-state index >= 15 is 0 Å². The van der Waals surface area contributed by atoms with Crippen LogP contribution in [-0.4, -0.2) is 87.0 Å². The highest BCUT2D eigenvalue weighted by molar-refractivity contribution is 6.34. The van der Waals surface area contributed by atoms with Gasteiger partial charge in [0, 0.05) is 17.5 Å². The molecule has 5 rings (SSSR count). The molecule has 1 aromatic rings. The van der Waals surface area contributed by atoms with E-state index in [-0.39, 0.29) is 72.1 Å². The average Bonchev–Trinajstić information content (AvgIpc) is 2.82. The fraction of sp³-hybridized carbons (Fsp3) is 0.481. The summed E-state index contributed by atoms with van der Waals surface area (Å²) >= 11 is 6.41. The molecule has 4 aliphatic carbocycles. The highest BCUT2D eigenvalue weighted by Crippen LogP contribution is 2.54. The number of fused-ring (bicyclic) bond motifs is 3. The van der Waals surface area contributed by atoms with Gasteiger partial charge in [-0.05, 0) is 57.3 Å².